The van der Waals surface area contributed by atoms with E-state index in [4.69, 9.17) is 15.9 Å². The van der Waals surface area contributed by atoms with Gasteiger partial charge in [-0.05, 0) is 25.2 Å². The van der Waals surface area contributed by atoms with Crippen molar-refractivity contribution in [2.75, 3.05) is 13.2 Å². The first-order valence-corrected chi connectivity index (χ1v) is 6.44. The lowest BCUT2D eigenvalue weighted by atomic mass is 9.86. The molecule has 0 atom stereocenters. The van der Waals surface area contributed by atoms with Crippen molar-refractivity contribution < 1.29 is 4.74 Å². The summed E-state index contributed by atoms with van der Waals surface area (Å²) in [4.78, 5) is 0. The highest BCUT2D eigenvalue weighted by atomic mass is 16.5. The van der Waals surface area contributed by atoms with Crippen LogP contribution in [0.3, 0.4) is 0 Å². The molecule has 0 aliphatic heterocycles. The lowest BCUT2D eigenvalue weighted by Crippen LogP contribution is -2.30. The van der Waals surface area contributed by atoms with E-state index >= 15 is 0 Å². The van der Waals surface area contributed by atoms with Crippen molar-refractivity contribution in [2.45, 2.75) is 52.4 Å². The molecule has 0 unspecified atom stereocenters. The molecule has 1 fully saturated rings. The summed E-state index contributed by atoms with van der Waals surface area (Å²) < 4.78 is 5.57. The lowest BCUT2D eigenvalue weighted by Gasteiger charge is -2.22. The largest absolute Gasteiger partial charge is 0.387 e. The molecule has 1 rings (SSSR count). The second-order valence-electron chi connectivity index (χ2n) is 5.60. The normalized spacial score (nSPS) is 16.4. The van der Waals surface area contributed by atoms with Crippen LogP contribution in [0.15, 0.2) is 0 Å². The molecule has 0 aromatic heterocycles. The topological polar surface area (TPSA) is 59.1 Å². The van der Waals surface area contributed by atoms with Crippen LogP contribution in [0.2, 0.25) is 0 Å². The average Bonchev–Trinajstić information content (AvgIpc) is 2.99. The van der Waals surface area contributed by atoms with Crippen LogP contribution >= 0.6 is 0 Å². The summed E-state index contributed by atoms with van der Waals surface area (Å²) in [6.07, 6.45) is 7.23. The van der Waals surface area contributed by atoms with Crippen molar-refractivity contribution in [1.29, 1.82) is 5.41 Å². The Morgan fingerprint density at radius 1 is 1.31 bits per heavy atom. The first-order chi connectivity index (χ1) is 7.52. The number of hydrogen-bond donors (Lipinski definition) is 2. The molecule has 0 amide bonds. The molecule has 94 valence electrons. The monoisotopic (exact) mass is 226 g/mol. The molecule has 0 heterocycles. The highest BCUT2D eigenvalue weighted by molar-refractivity contribution is 5.82. The van der Waals surface area contributed by atoms with Crippen LogP contribution in [0, 0.1) is 16.7 Å². The molecule has 1 saturated carbocycles. The number of ether oxygens (including phenoxy) is 1. The first kappa shape index (κ1) is 13.5. The maximum atomic E-state index is 7.44. The fraction of sp³-hybridized carbons (Fsp3) is 0.923. The summed E-state index contributed by atoms with van der Waals surface area (Å²) in [5.41, 5.74) is 5.38. The van der Waals surface area contributed by atoms with Crippen molar-refractivity contribution in [3.63, 3.8) is 0 Å². The predicted molar refractivity (Wildman–Crippen MR) is 67.7 cm³/mol. The maximum absolute atomic E-state index is 7.44. The zero-order valence-corrected chi connectivity index (χ0v) is 10.7. The van der Waals surface area contributed by atoms with Crippen LogP contribution < -0.4 is 5.73 Å². The molecule has 0 aromatic carbocycles. The zero-order chi connectivity index (χ0) is 12.0. The Kier molecular flexibility index (Phi) is 5.26. The molecule has 1 aliphatic rings. The van der Waals surface area contributed by atoms with E-state index in [0.29, 0.717) is 5.84 Å². The fourth-order valence-corrected chi connectivity index (χ4v) is 1.66. The van der Waals surface area contributed by atoms with Crippen LogP contribution in [-0.2, 0) is 4.74 Å². The van der Waals surface area contributed by atoms with Crippen molar-refractivity contribution in [3.05, 3.63) is 0 Å². The molecule has 0 spiro atoms. The molecule has 16 heavy (non-hydrogen) atoms. The molecule has 0 aromatic rings. The van der Waals surface area contributed by atoms with E-state index in [9.17, 15) is 0 Å². The maximum Gasteiger partial charge on any atom is 0.0963 e. The Hall–Kier alpha value is -0.570. The van der Waals surface area contributed by atoms with E-state index in [1.807, 2.05) is 13.8 Å². The van der Waals surface area contributed by atoms with Gasteiger partial charge in [-0.1, -0.05) is 33.1 Å². The number of rotatable bonds is 9. The van der Waals surface area contributed by atoms with Gasteiger partial charge in [-0.3, -0.25) is 5.41 Å². The Balaban J connectivity index is 1.88. The van der Waals surface area contributed by atoms with Gasteiger partial charge in [0, 0.05) is 18.6 Å². The van der Waals surface area contributed by atoms with Gasteiger partial charge in [0.15, 0.2) is 0 Å². The number of nitrogens with two attached hydrogens (primary N) is 1. The summed E-state index contributed by atoms with van der Waals surface area (Å²) in [7, 11) is 0. The molecule has 0 saturated heterocycles. The second-order valence-corrected chi connectivity index (χ2v) is 5.60. The van der Waals surface area contributed by atoms with Gasteiger partial charge < -0.3 is 10.5 Å². The van der Waals surface area contributed by atoms with Crippen molar-refractivity contribution >= 4 is 5.84 Å². The molecule has 0 radical (unpaired) electrons. The van der Waals surface area contributed by atoms with Gasteiger partial charge >= 0.3 is 0 Å². The van der Waals surface area contributed by atoms with Gasteiger partial charge in [-0.2, -0.15) is 0 Å². The minimum atomic E-state index is -0.145. The van der Waals surface area contributed by atoms with Gasteiger partial charge in [0.05, 0.1) is 5.84 Å². The van der Waals surface area contributed by atoms with E-state index in [1.54, 1.807) is 0 Å². The third kappa shape index (κ3) is 5.50. The second kappa shape index (κ2) is 6.24. The van der Waals surface area contributed by atoms with Crippen LogP contribution in [-0.4, -0.2) is 19.0 Å². The van der Waals surface area contributed by atoms with E-state index in [2.05, 4.69) is 0 Å². The molecular weight excluding hydrogens is 200 g/mol. The summed E-state index contributed by atoms with van der Waals surface area (Å²) in [6.45, 7) is 5.86. The first-order valence-electron chi connectivity index (χ1n) is 6.44. The molecule has 0 bridgehead atoms. The molecule has 3 N–H and O–H groups in total. The molecule has 1 aliphatic carbocycles. The van der Waals surface area contributed by atoms with Crippen LogP contribution in [0.4, 0.5) is 0 Å². The number of nitrogens with one attached hydrogen (secondary N) is 1. The lowest BCUT2D eigenvalue weighted by molar-refractivity contribution is 0.123. The van der Waals surface area contributed by atoms with Crippen LogP contribution in [0.5, 0.6) is 0 Å². The van der Waals surface area contributed by atoms with Gasteiger partial charge in [0.1, 0.15) is 0 Å². The highest BCUT2D eigenvalue weighted by Crippen LogP contribution is 2.32. The molecule has 3 nitrogen and oxygen atoms in total. The number of unbranched alkanes of at least 4 members (excludes halogenated alkanes) is 1. The minimum absolute atomic E-state index is 0.145. The Bertz CT molecular complexity index is 222. The van der Waals surface area contributed by atoms with Crippen molar-refractivity contribution in [2.24, 2.45) is 17.1 Å². The fourth-order valence-electron chi connectivity index (χ4n) is 1.66. The molecule has 3 heteroatoms. The van der Waals surface area contributed by atoms with E-state index in [0.717, 1.165) is 38.4 Å². The summed E-state index contributed by atoms with van der Waals surface area (Å²) in [6, 6.07) is 0. The molecular formula is C13H26N2O. The highest BCUT2D eigenvalue weighted by Gasteiger charge is 2.21. The Morgan fingerprint density at radius 3 is 2.56 bits per heavy atom. The summed E-state index contributed by atoms with van der Waals surface area (Å²) in [5, 5.41) is 7.44. The average molecular weight is 226 g/mol. The van der Waals surface area contributed by atoms with Crippen LogP contribution in [0.1, 0.15) is 52.4 Å². The van der Waals surface area contributed by atoms with E-state index in [-0.39, 0.29) is 5.41 Å². The van der Waals surface area contributed by atoms with Gasteiger partial charge in [0.25, 0.3) is 0 Å². The Morgan fingerprint density at radius 2 is 2.00 bits per heavy atom. The smallest absolute Gasteiger partial charge is 0.0963 e. The summed E-state index contributed by atoms with van der Waals surface area (Å²) >= 11 is 0. The predicted octanol–water partition coefficient (Wildman–Crippen LogP) is 2.94. The van der Waals surface area contributed by atoms with E-state index < -0.39 is 0 Å². The van der Waals surface area contributed by atoms with Gasteiger partial charge in [-0.15, -0.1) is 0 Å². The quantitative estimate of drug-likeness (QED) is 0.361. The number of amidine groups is 1. The standard InChI is InChI=1S/C13H26N2O/c1-13(2,12(14)15)8-3-4-9-16-10-7-11-5-6-11/h11H,3-10H2,1-2H3,(H3,14,15). The van der Waals surface area contributed by atoms with Gasteiger partial charge in [0.2, 0.25) is 0 Å². The zero-order valence-electron chi connectivity index (χ0n) is 10.7. The third-order valence-corrected chi connectivity index (χ3v) is 3.44. The van der Waals surface area contributed by atoms with E-state index in [1.165, 1.54) is 19.3 Å². The van der Waals surface area contributed by atoms with Crippen molar-refractivity contribution in [3.8, 4) is 0 Å². The minimum Gasteiger partial charge on any atom is -0.387 e. The number of hydrogen-bond acceptors (Lipinski definition) is 2. The van der Waals surface area contributed by atoms with Crippen molar-refractivity contribution in [1.82, 2.24) is 0 Å². The third-order valence-electron chi connectivity index (χ3n) is 3.44. The summed E-state index contributed by atoms with van der Waals surface area (Å²) in [5.74, 6) is 1.26. The van der Waals surface area contributed by atoms with Crippen LogP contribution in [0.25, 0.3) is 0 Å². The Labute approximate surface area is 99.3 Å². The van der Waals surface area contributed by atoms with Gasteiger partial charge in [-0.25, -0.2) is 0 Å². The SMILES string of the molecule is CC(C)(CCCCOCCC1CC1)C(=N)N.